The topological polar surface area (TPSA) is 17.1 Å². The molecule has 1 nitrogen and oxygen atoms in total. The van der Waals surface area contributed by atoms with E-state index in [9.17, 15) is 4.79 Å². The first kappa shape index (κ1) is 8.02. The van der Waals surface area contributed by atoms with Crippen LogP contribution in [0.5, 0.6) is 0 Å². The number of rotatable bonds is 1. The van der Waals surface area contributed by atoms with E-state index in [4.69, 9.17) is 11.6 Å². The number of hydrogen-bond donors (Lipinski definition) is 0. The van der Waals surface area contributed by atoms with Gasteiger partial charge in [0.2, 0.25) is 5.24 Å². The zero-order valence-electron chi connectivity index (χ0n) is 5.18. The molecule has 0 N–H and O–H groups in total. The summed E-state index contributed by atoms with van der Waals surface area (Å²) in [5.74, 6) is -0.122. The first-order chi connectivity index (χ1) is 4.70. The van der Waals surface area contributed by atoms with Crippen molar-refractivity contribution in [3.05, 3.63) is 22.7 Å². The van der Waals surface area contributed by atoms with Gasteiger partial charge >= 0.3 is 0 Å². The summed E-state index contributed by atoms with van der Waals surface area (Å²) in [7, 11) is 0. The lowest BCUT2D eigenvalue weighted by molar-refractivity contribution is -0.113. The summed E-state index contributed by atoms with van der Waals surface area (Å²) in [5.41, 5.74) is 0. The van der Waals surface area contributed by atoms with Crippen molar-refractivity contribution in [2.75, 3.05) is 0 Å². The van der Waals surface area contributed by atoms with Crippen molar-refractivity contribution < 1.29 is 4.79 Å². The molecule has 0 bridgehead atoms. The molecule has 0 unspecified atom stereocenters. The molecule has 54 valence electrons. The summed E-state index contributed by atoms with van der Waals surface area (Å²) >= 11 is 8.55. The van der Waals surface area contributed by atoms with E-state index in [1.54, 1.807) is 6.08 Å². The molecule has 1 aliphatic carbocycles. The van der Waals surface area contributed by atoms with E-state index < -0.39 is 0 Å². The van der Waals surface area contributed by atoms with E-state index in [0.29, 0.717) is 6.42 Å². The van der Waals surface area contributed by atoms with E-state index in [-0.39, 0.29) is 11.2 Å². The summed E-state index contributed by atoms with van der Waals surface area (Å²) in [6.45, 7) is 0. The highest BCUT2D eigenvalue weighted by atomic mass is 79.9. The Balaban J connectivity index is 2.60. The molecule has 0 aromatic rings. The van der Waals surface area contributed by atoms with Crippen molar-refractivity contribution in [2.24, 2.45) is 5.92 Å². The third-order valence-electron chi connectivity index (χ3n) is 1.35. The minimum Gasteiger partial charge on any atom is -0.281 e. The van der Waals surface area contributed by atoms with Crippen molar-refractivity contribution in [2.45, 2.75) is 6.42 Å². The van der Waals surface area contributed by atoms with Crippen molar-refractivity contribution in [1.82, 2.24) is 0 Å². The molecule has 0 saturated carbocycles. The lowest BCUT2D eigenvalue weighted by Crippen LogP contribution is -2.05. The van der Waals surface area contributed by atoms with Crippen molar-refractivity contribution in [3.8, 4) is 0 Å². The van der Waals surface area contributed by atoms with Crippen LogP contribution in [0.2, 0.25) is 0 Å². The smallest absolute Gasteiger partial charge is 0.228 e. The Bertz CT molecular complexity index is 208. The van der Waals surface area contributed by atoms with Gasteiger partial charge in [0.15, 0.2) is 0 Å². The first-order valence-corrected chi connectivity index (χ1v) is 4.10. The molecule has 0 amide bonds. The molecule has 1 rings (SSSR count). The van der Waals surface area contributed by atoms with Crippen LogP contribution in [0.1, 0.15) is 6.42 Å². The van der Waals surface area contributed by atoms with Gasteiger partial charge in [0.25, 0.3) is 0 Å². The Morgan fingerprint density at radius 2 is 2.50 bits per heavy atom. The Hall–Kier alpha value is -0.0800. The van der Waals surface area contributed by atoms with Gasteiger partial charge in [0.05, 0.1) is 5.92 Å². The second-order valence-electron chi connectivity index (χ2n) is 2.09. The molecule has 0 aromatic carbocycles. The van der Waals surface area contributed by atoms with Crippen LogP contribution in [0, 0.1) is 5.92 Å². The standard InChI is InChI=1S/C7H6BrClO/c8-6-3-1-5(2-4-6)7(9)10/h1,3-5H,2H2/t5-/m1/s1. The predicted molar refractivity (Wildman–Crippen MR) is 45.1 cm³/mol. The largest absolute Gasteiger partial charge is 0.281 e. The Kier molecular flexibility index (Phi) is 2.69. The number of carbonyl (C=O) groups excluding carboxylic acids is 1. The second-order valence-corrected chi connectivity index (χ2v) is 3.38. The van der Waals surface area contributed by atoms with E-state index in [1.807, 2.05) is 12.2 Å². The van der Waals surface area contributed by atoms with Gasteiger partial charge in [-0.15, -0.1) is 0 Å². The van der Waals surface area contributed by atoms with Crippen LogP contribution in [0.25, 0.3) is 0 Å². The Labute approximate surface area is 72.9 Å². The molecule has 3 heteroatoms. The maximum Gasteiger partial charge on any atom is 0.228 e. The fourth-order valence-electron chi connectivity index (χ4n) is 0.763. The highest BCUT2D eigenvalue weighted by Gasteiger charge is 2.13. The van der Waals surface area contributed by atoms with E-state index in [0.717, 1.165) is 4.48 Å². The zero-order valence-corrected chi connectivity index (χ0v) is 7.52. The van der Waals surface area contributed by atoms with Gasteiger partial charge in [0.1, 0.15) is 0 Å². The molecular formula is C7H6BrClO. The van der Waals surface area contributed by atoms with E-state index in [2.05, 4.69) is 15.9 Å². The third-order valence-corrected chi connectivity index (χ3v) is 2.21. The van der Waals surface area contributed by atoms with Crippen LogP contribution in [-0.2, 0) is 4.79 Å². The molecule has 0 heterocycles. The number of carbonyl (C=O) groups is 1. The molecule has 0 spiro atoms. The highest BCUT2D eigenvalue weighted by molar-refractivity contribution is 9.11. The molecule has 0 aliphatic heterocycles. The molecule has 0 aromatic heterocycles. The van der Waals surface area contributed by atoms with Crippen LogP contribution in [0.3, 0.4) is 0 Å². The normalized spacial score (nSPS) is 24.2. The molecular weight excluding hydrogens is 215 g/mol. The van der Waals surface area contributed by atoms with Crippen LogP contribution in [-0.4, -0.2) is 5.24 Å². The van der Waals surface area contributed by atoms with Crippen LogP contribution < -0.4 is 0 Å². The van der Waals surface area contributed by atoms with Crippen LogP contribution in [0.15, 0.2) is 22.7 Å². The summed E-state index contributed by atoms with van der Waals surface area (Å²) in [4.78, 5) is 10.6. The number of allylic oxidation sites excluding steroid dienone is 4. The SMILES string of the molecule is O=C(Cl)[C@@H]1C=CC(Br)=CC1. The van der Waals surface area contributed by atoms with Gasteiger partial charge in [-0.1, -0.05) is 34.2 Å². The lowest BCUT2D eigenvalue weighted by Gasteiger charge is -2.07. The lowest BCUT2D eigenvalue weighted by atomic mass is 10.0. The summed E-state index contributed by atoms with van der Waals surface area (Å²) in [6.07, 6.45) is 6.29. The molecule has 0 fully saturated rings. The number of hydrogen-bond acceptors (Lipinski definition) is 1. The minimum atomic E-state index is -0.285. The van der Waals surface area contributed by atoms with Gasteiger partial charge in [0, 0.05) is 4.48 Å². The molecule has 10 heavy (non-hydrogen) atoms. The quantitative estimate of drug-likeness (QED) is 0.622. The van der Waals surface area contributed by atoms with Crippen LogP contribution in [0.4, 0.5) is 0 Å². The summed E-state index contributed by atoms with van der Waals surface area (Å²) < 4.78 is 1.02. The van der Waals surface area contributed by atoms with Gasteiger partial charge in [-0.05, 0) is 18.0 Å². The maximum atomic E-state index is 10.6. The Morgan fingerprint density at radius 3 is 2.90 bits per heavy atom. The van der Waals surface area contributed by atoms with Crippen molar-refractivity contribution in [1.29, 1.82) is 0 Å². The molecule has 0 radical (unpaired) electrons. The van der Waals surface area contributed by atoms with Crippen LogP contribution >= 0.6 is 27.5 Å². The monoisotopic (exact) mass is 220 g/mol. The second kappa shape index (κ2) is 3.35. The first-order valence-electron chi connectivity index (χ1n) is 2.93. The van der Waals surface area contributed by atoms with Crippen molar-refractivity contribution >= 4 is 32.8 Å². The van der Waals surface area contributed by atoms with E-state index in [1.165, 1.54) is 0 Å². The highest BCUT2D eigenvalue weighted by Crippen LogP contribution is 2.21. The van der Waals surface area contributed by atoms with Gasteiger partial charge in [-0.3, -0.25) is 4.79 Å². The maximum absolute atomic E-state index is 10.6. The minimum absolute atomic E-state index is 0.122. The summed E-state index contributed by atoms with van der Waals surface area (Å²) in [6, 6.07) is 0. The average Bonchev–Trinajstić information content (AvgIpc) is 1.88. The fraction of sp³-hybridized carbons (Fsp3) is 0.286. The number of halogens is 2. The molecule has 1 atom stereocenters. The molecule has 1 aliphatic rings. The van der Waals surface area contributed by atoms with E-state index >= 15 is 0 Å². The predicted octanol–water partition coefficient (Wildman–Crippen LogP) is 2.61. The average molecular weight is 221 g/mol. The molecule has 0 saturated heterocycles. The zero-order chi connectivity index (χ0) is 7.56. The Morgan fingerprint density at radius 1 is 1.80 bits per heavy atom. The van der Waals surface area contributed by atoms with Gasteiger partial charge in [-0.25, -0.2) is 0 Å². The van der Waals surface area contributed by atoms with Gasteiger partial charge < -0.3 is 0 Å². The third kappa shape index (κ3) is 1.96. The van der Waals surface area contributed by atoms with Crippen molar-refractivity contribution in [3.63, 3.8) is 0 Å². The fourth-order valence-corrected chi connectivity index (χ4v) is 1.26. The van der Waals surface area contributed by atoms with Gasteiger partial charge in [-0.2, -0.15) is 0 Å². The summed E-state index contributed by atoms with van der Waals surface area (Å²) in [5, 5.41) is -0.285.